The van der Waals surface area contributed by atoms with E-state index in [4.69, 9.17) is 9.84 Å². The molecule has 0 aromatic heterocycles. The van der Waals surface area contributed by atoms with Crippen LogP contribution in [0, 0.1) is 6.61 Å². The minimum atomic E-state index is -1.14. The van der Waals surface area contributed by atoms with E-state index in [9.17, 15) is 9.59 Å². The molecule has 0 unspecified atom stereocenters. The number of carbonyl (C=O) groups is 2. The molecule has 0 aliphatic carbocycles. The maximum atomic E-state index is 11.4. The lowest BCUT2D eigenvalue weighted by Gasteiger charge is -2.04. The number of benzene rings is 1. The van der Waals surface area contributed by atoms with Gasteiger partial charge in [0.2, 0.25) is 0 Å². The second kappa shape index (κ2) is 5.14. The average Bonchev–Trinajstić information content (AvgIpc) is 2.25. The third-order valence-corrected chi connectivity index (χ3v) is 1.73. The Morgan fingerprint density at radius 2 is 1.93 bits per heavy atom. The second-order valence-electron chi connectivity index (χ2n) is 2.83. The molecule has 1 radical (unpaired) electrons. The molecule has 0 spiro atoms. The van der Waals surface area contributed by atoms with Crippen molar-refractivity contribution >= 4 is 11.9 Å². The predicted molar refractivity (Wildman–Crippen MR) is 53.4 cm³/mol. The van der Waals surface area contributed by atoms with Crippen molar-refractivity contribution in [2.75, 3.05) is 0 Å². The lowest BCUT2D eigenvalue weighted by molar-refractivity contribution is 0.0583. The molecular formula is C11H11O4. The molecule has 4 nitrogen and oxygen atoms in total. The van der Waals surface area contributed by atoms with Gasteiger partial charge in [0.25, 0.3) is 0 Å². The topological polar surface area (TPSA) is 63.6 Å². The second-order valence-corrected chi connectivity index (χ2v) is 2.83. The van der Waals surface area contributed by atoms with E-state index in [1.165, 1.54) is 18.7 Å². The molecule has 0 fully saturated rings. The summed E-state index contributed by atoms with van der Waals surface area (Å²) in [6, 6.07) is 5.94. The number of esters is 1. The molecule has 0 heterocycles. The number of rotatable bonds is 4. The number of carbonyl (C=O) groups excluding carboxylic acids is 1. The molecule has 79 valence electrons. The summed E-state index contributed by atoms with van der Waals surface area (Å²) in [5.41, 5.74) is 0.0155. The Bertz CT molecular complexity index is 371. The fourth-order valence-electron chi connectivity index (χ4n) is 1.07. The summed E-state index contributed by atoms with van der Waals surface area (Å²) in [5.74, 6) is -1.78. The molecule has 1 aromatic carbocycles. The lowest BCUT2D eigenvalue weighted by atomic mass is 10.1. The number of hydrogen-bond donors (Lipinski definition) is 1. The molecule has 15 heavy (non-hydrogen) atoms. The van der Waals surface area contributed by atoms with Crippen LogP contribution in [0.4, 0.5) is 0 Å². The van der Waals surface area contributed by atoms with Gasteiger partial charge in [0.15, 0.2) is 0 Å². The van der Waals surface area contributed by atoms with Crippen LogP contribution in [0.25, 0.3) is 0 Å². The van der Waals surface area contributed by atoms with E-state index in [1.54, 1.807) is 12.1 Å². The number of hydrogen-bond acceptors (Lipinski definition) is 3. The third-order valence-electron chi connectivity index (χ3n) is 1.73. The lowest BCUT2D eigenvalue weighted by Crippen LogP contribution is -2.10. The van der Waals surface area contributed by atoms with Gasteiger partial charge in [0.05, 0.1) is 11.1 Å². The fraction of sp³-hybridized carbons (Fsp3) is 0.182. The molecule has 0 saturated carbocycles. The van der Waals surface area contributed by atoms with Crippen LogP contribution >= 0.6 is 0 Å². The Kier molecular flexibility index (Phi) is 3.85. The van der Waals surface area contributed by atoms with Gasteiger partial charge in [-0.3, -0.25) is 0 Å². The maximum absolute atomic E-state index is 11.4. The smallest absolute Gasteiger partial charge is 0.339 e. The first-order chi connectivity index (χ1) is 7.16. The van der Waals surface area contributed by atoms with E-state index in [-0.39, 0.29) is 11.1 Å². The van der Waals surface area contributed by atoms with E-state index >= 15 is 0 Å². The number of carboxylic acid groups (broad SMARTS) is 1. The van der Waals surface area contributed by atoms with E-state index in [0.29, 0.717) is 6.42 Å². The quantitative estimate of drug-likeness (QED) is 0.768. The van der Waals surface area contributed by atoms with E-state index in [2.05, 4.69) is 0 Å². The van der Waals surface area contributed by atoms with Gasteiger partial charge in [-0.25, -0.2) is 9.59 Å². The summed E-state index contributed by atoms with van der Waals surface area (Å²) in [6.45, 7) is 3.15. The van der Waals surface area contributed by atoms with Gasteiger partial charge >= 0.3 is 11.9 Å². The highest BCUT2D eigenvalue weighted by Gasteiger charge is 2.16. The number of ether oxygens (including phenoxy) is 1. The summed E-state index contributed by atoms with van der Waals surface area (Å²) >= 11 is 0. The van der Waals surface area contributed by atoms with Gasteiger partial charge in [-0.05, 0) is 18.6 Å². The Morgan fingerprint density at radius 1 is 1.33 bits per heavy atom. The first-order valence-electron chi connectivity index (χ1n) is 4.51. The van der Waals surface area contributed by atoms with Crippen molar-refractivity contribution in [2.24, 2.45) is 0 Å². The van der Waals surface area contributed by atoms with Crippen LogP contribution in [0.5, 0.6) is 0 Å². The van der Waals surface area contributed by atoms with Crippen LogP contribution in [0.3, 0.4) is 0 Å². The Hall–Kier alpha value is -1.84. The van der Waals surface area contributed by atoms with Crippen molar-refractivity contribution < 1.29 is 19.4 Å². The molecule has 0 amide bonds. The Balaban J connectivity index is 2.92. The van der Waals surface area contributed by atoms with Crippen LogP contribution in [0.2, 0.25) is 0 Å². The molecule has 0 atom stereocenters. The zero-order valence-electron chi connectivity index (χ0n) is 8.27. The molecule has 0 bridgehead atoms. The minimum Gasteiger partial charge on any atom is -0.478 e. The van der Waals surface area contributed by atoms with Gasteiger partial charge in [0.1, 0.15) is 6.61 Å². The highest BCUT2D eigenvalue weighted by molar-refractivity contribution is 6.02. The van der Waals surface area contributed by atoms with Crippen LogP contribution in [-0.2, 0) is 4.74 Å². The predicted octanol–water partition coefficient (Wildman–Crippen LogP) is 2.11. The third kappa shape index (κ3) is 2.80. The number of aromatic carboxylic acids is 1. The van der Waals surface area contributed by atoms with E-state index in [1.807, 2.05) is 6.92 Å². The zero-order chi connectivity index (χ0) is 11.3. The van der Waals surface area contributed by atoms with Gasteiger partial charge in [-0.1, -0.05) is 19.1 Å². The van der Waals surface area contributed by atoms with Crippen LogP contribution < -0.4 is 0 Å². The first kappa shape index (κ1) is 11.2. The Morgan fingerprint density at radius 3 is 2.47 bits per heavy atom. The maximum Gasteiger partial charge on any atom is 0.339 e. The molecule has 1 N–H and O–H groups in total. The highest BCUT2D eigenvalue weighted by Crippen LogP contribution is 2.11. The van der Waals surface area contributed by atoms with Gasteiger partial charge in [-0.2, -0.15) is 0 Å². The van der Waals surface area contributed by atoms with Crippen LogP contribution in [0.1, 0.15) is 34.1 Å². The van der Waals surface area contributed by atoms with Gasteiger partial charge in [-0.15, -0.1) is 0 Å². The largest absolute Gasteiger partial charge is 0.478 e. The normalized spacial score (nSPS) is 9.67. The molecule has 1 rings (SSSR count). The van der Waals surface area contributed by atoms with E-state index < -0.39 is 11.9 Å². The SMILES string of the molecule is CC[CH]OC(=O)c1ccccc1C(=O)O. The van der Waals surface area contributed by atoms with Gasteiger partial charge in [0, 0.05) is 0 Å². The molecule has 4 heteroatoms. The average molecular weight is 207 g/mol. The summed E-state index contributed by atoms with van der Waals surface area (Å²) in [5, 5.41) is 8.82. The standard InChI is InChI=1S/C11H11O4/c1-2-7-15-11(14)9-6-4-3-5-8(9)10(12)13/h3-7H,2H2,1H3,(H,12,13). The Labute approximate surface area is 87.5 Å². The van der Waals surface area contributed by atoms with Crippen molar-refractivity contribution in [3.8, 4) is 0 Å². The summed E-state index contributed by atoms with van der Waals surface area (Å²) in [7, 11) is 0. The molecular weight excluding hydrogens is 196 g/mol. The van der Waals surface area contributed by atoms with Crippen molar-refractivity contribution in [3.05, 3.63) is 42.0 Å². The fourth-order valence-corrected chi connectivity index (χ4v) is 1.07. The summed E-state index contributed by atoms with van der Waals surface area (Å²) in [4.78, 5) is 22.2. The van der Waals surface area contributed by atoms with Crippen molar-refractivity contribution in [2.45, 2.75) is 13.3 Å². The molecule has 0 aliphatic heterocycles. The summed E-state index contributed by atoms with van der Waals surface area (Å²) in [6.07, 6.45) is 0.584. The minimum absolute atomic E-state index is 0.0491. The van der Waals surface area contributed by atoms with Crippen molar-refractivity contribution in [3.63, 3.8) is 0 Å². The van der Waals surface area contributed by atoms with E-state index in [0.717, 1.165) is 0 Å². The first-order valence-corrected chi connectivity index (χ1v) is 4.51. The van der Waals surface area contributed by atoms with Gasteiger partial charge < -0.3 is 9.84 Å². The molecule has 0 saturated heterocycles. The monoisotopic (exact) mass is 207 g/mol. The van der Waals surface area contributed by atoms with Crippen molar-refractivity contribution in [1.82, 2.24) is 0 Å². The summed E-state index contributed by atoms with van der Waals surface area (Å²) < 4.78 is 4.74. The highest BCUT2D eigenvalue weighted by atomic mass is 16.5. The van der Waals surface area contributed by atoms with Crippen LogP contribution in [0.15, 0.2) is 24.3 Å². The number of carboxylic acids is 1. The van der Waals surface area contributed by atoms with Crippen molar-refractivity contribution in [1.29, 1.82) is 0 Å². The molecule has 1 aromatic rings. The zero-order valence-corrected chi connectivity index (χ0v) is 8.27. The molecule has 0 aliphatic rings. The van der Waals surface area contributed by atoms with Crippen LogP contribution in [-0.4, -0.2) is 17.0 Å².